The number of halogens is 1. The highest BCUT2D eigenvalue weighted by Crippen LogP contribution is 2.22. The Balaban J connectivity index is 2.14. The first-order valence-electron chi connectivity index (χ1n) is 5.97. The average molecular weight is 330 g/mol. The van der Waals surface area contributed by atoms with Gasteiger partial charge in [0.25, 0.3) is 5.56 Å². The van der Waals surface area contributed by atoms with Crippen LogP contribution in [0.4, 0.5) is 0 Å². The highest BCUT2D eigenvalue weighted by molar-refractivity contribution is 9.10. The number of aromatic amines is 1. The van der Waals surface area contributed by atoms with Crippen LogP contribution < -0.4 is 5.56 Å². The summed E-state index contributed by atoms with van der Waals surface area (Å²) in [5, 5.41) is 5.09. The second kappa shape index (κ2) is 4.08. The molecule has 3 aromatic heterocycles. The highest BCUT2D eigenvalue weighted by Gasteiger charge is 2.11. The maximum absolute atomic E-state index is 12.1. The van der Waals surface area contributed by atoms with Gasteiger partial charge in [0, 0.05) is 10.5 Å². The number of benzene rings is 1. The maximum Gasteiger partial charge on any atom is 0.259 e. The minimum Gasteiger partial charge on any atom is -0.463 e. The van der Waals surface area contributed by atoms with E-state index in [-0.39, 0.29) is 5.56 Å². The van der Waals surface area contributed by atoms with Gasteiger partial charge in [-0.3, -0.25) is 4.79 Å². The van der Waals surface area contributed by atoms with E-state index >= 15 is 0 Å². The Hall–Kier alpha value is -2.34. The quantitative estimate of drug-likeness (QED) is 0.583. The van der Waals surface area contributed by atoms with Crippen LogP contribution in [-0.2, 0) is 0 Å². The molecule has 0 unspecified atom stereocenters. The van der Waals surface area contributed by atoms with Crippen molar-refractivity contribution in [2.45, 2.75) is 0 Å². The molecule has 20 heavy (non-hydrogen) atoms. The van der Waals surface area contributed by atoms with Gasteiger partial charge in [-0.15, -0.1) is 0 Å². The molecule has 5 nitrogen and oxygen atoms in total. The first-order chi connectivity index (χ1) is 9.72. The van der Waals surface area contributed by atoms with E-state index < -0.39 is 0 Å². The monoisotopic (exact) mass is 329 g/mol. The van der Waals surface area contributed by atoms with Crippen LogP contribution in [0.2, 0.25) is 0 Å². The molecule has 0 atom stereocenters. The number of fused-ring (bicyclic) bond motifs is 3. The van der Waals surface area contributed by atoms with Crippen LogP contribution in [0.15, 0.2) is 56.3 Å². The zero-order valence-electron chi connectivity index (χ0n) is 10.1. The minimum absolute atomic E-state index is 0.133. The summed E-state index contributed by atoms with van der Waals surface area (Å²) in [6.45, 7) is 0. The molecule has 0 spiro atoms. The molecule has 4 aromatic rings. The summed E-state index contributed by atoms with van der Waals surface area (Å²) >= 11 is 3.42. The summed E-state index contributed by atoms with van der Waals surface area (Å²) in [6.07, 6.45) is 1.59. The number of hydrogen-bond acceptors (Lipinski definition) is 3. The fourth-order valence-corrected chi connectivity index (χ4v) is 2.60. The van der Waals surface area contributed by atoms with Crippen LogP contribution in [0.3, 0.4) is 0 Å². The molecule has 4 rings (SSSR count). The van der Waals surface area contributed by atoms with Crippen molar-refractivity contribution in [3.63, 3.8) is 0 Å². The van der Waals surface area contributed by atoms with Gasteiger partial charge in [0.1, 0.15) is 11.3 Å². The van der Waals surface area contributed by atoms with Crippen molar-refractivity contribution in [2.24, 2.45) is 0 Å². The molecule has 98 valence electrons. The zero-order chi connectivity index (χ0) is 13.7. The van der Waals surface area contributed by atoms with Crippen LogP contribution >= 0.6 is 15.9 Å². The SMILES string of the molecule is O=c1[nH]c2cc(-c3ccco3)nn2c2cc(Br)ccc12. The number of rotatable bonds is 1. The van der Waals surface area contributed by atoms with Gasteiger partial charge in [0.15, 0.2) is 5.76 Å². The molecule has 1 N–H and O–H groups in total. The second-order valence-electron chi connectivity index (χ2n) is 4.42. The standard InChI is InChI=1S/C14H8BrN3O2/c15-8-3-4-9-11(6-8)18-13(16-14(9)19)7-10(17-18)12-2-1-5-20-12/h1-7H,(H,16,19). The van der Waals surface area contributed by atoms with E-state index in [1.54, 1.807) is 29.0 Å². The molecule has 6 heteroatoms. The average Bonchev–Trinajstić information content (AvgIpc) is 3.06. The lowest BCUT2D eigenvalue weighted by atomic mass is 10.2. The van der Waals surface area contributed by atoms with Gasteiger partial charge in [-0.25, -0.2) is 4.52 Å². The summed E-state index contributed by atoms with van der Waals surface area (Å²) in [6, 6.07) is 10.9. The smallest absolute Gasteiger partial charge is 0.259 e. The van der Waals surface area contributed by atoms with Crippen LogP contribution in [-0.4, -0.2) is 14.6 Å². The third kappa shape index (κ3) is 1.61. The molecule has 0 fully saturated rings. The molecule has 0 aliphatic carbocycles. The van der Waals surface area contributed by atoms with Crippen LogP contribution in [0.1, 0.15) is 0 Å². The molecule has 1 aromatic carbocycles. The molecule has 0 saturated heterocycles. The van der Waals surface area contributed by atoms with Crippen LogP contribution in [0.5, 0.6) is 0 Å². The molecule has 0 bridgehead atoms. The molecule has 0 radical (unpaired) electrons. The lowest BCUT2D eigenvalue weighted by molar-refractivity contribution is 0.579. The molecular weight excluding hydrogens is 322 g/mol. The van der Waals surface area contributed by atoms with E-state index in [2.05, 4.69) is 26.0 Å². The van der Waals surface area contributed by atoms with E-state index in [1.165, 1.54) is 0 Å². The number of H-pyrrole nitrogens is 1. The van der Waals surface area contributed by atoms with E-state index in [0.717, 1.165) is 9.99 Å². The first-order valence-corrected chi connectivity index (χ1v) is 6.77. The predicted molar refractivity (Wildman–Crippen MR) is 78.7 cm³/mol. The molecular formula is C14H8BrN3O2. The van der Waals surface area contributed by atoms with Crippen molar-refractivity contribution in [3.8, 4) is 11.5 Å². The van der Waals surface area contributed by atoms with E-state index in [0.29, 0.717) is 22.5 Å². The third-order valence-electron chi connectivity index (χ3n) is 3.16. The zero-order valence-corrected chi connectivity index (χ0v) is 11.7. The summed E-state index contributed by atoms with van der Waals surface area (Å²) in [7, 11) is 0. The van der Waals surface area contributed by atoms with Crippen molar-refractivity contribution >= 4 is 32.5 Å². The number of furan rings is 1. The summed E-state index contributed by atoms with van der Waals surface area (Å²) < 4.78 is 7.94. The fourth-order valence-electron chi connectivity index (χ4n) is 2.25. The van der Waals surface area contributed by atoms with Crippen molar-refractivity contribution in [1.29, 1.82) is 0 Å². The van der Waals surface area contributed by atoms with Gasteiger partial charge in [-0.05, 0) is 30.3 Å². The van der Waals surface area contributed by atoms with Gasteiger partial charge in [-0.2, -0.15) is 5.10 Å². The normalized spacial score (nSPS) is 11.4. The van der Waals surface area contributed by atoms with Crippen molar-refractivity contribution in [2.75, 3.05) is 0 Å². The van der Waals surface area contributed by atoms with Gasteiger partial charge in [0.05, 0.1) is 17.2 Å². The van der Waals surface area contributed by atoms with Crippen molar-refractivity contribution in [3.05, 3.63) is 57.5 Å². The lowest BCUT2D eigenvalue weighted by Gasteiger charge is -2.01. The number of nitrogens with zero attached hydrogens (tertiary/aromatic N) is 2. The van der Waals surface area contributed by atoms with Crippen LogP contribution in [0, 0.1) is 0 Å². The Morgan fingerprint density at radius 2 is 2.15 bits per heavy atom. The number of hydrogen-bond donors (Lipinski definition) is 1. The Labute approximate surface area is 121 Å². The Morgan fingerprint density at radius 1 is 1.25 bits per heavy atom. The number of aromatic nitrogens is 3. The highest BCUT2D eigenvalue weighted by atomic mass is 79.9. The number of nitrogens with one attached hydrogen (secondary N) is 1. The minimum atomic E-state index is -0.133. The molecule has 0 amide bonds. The molecule has 0 saturated carbocycles. The van der Waals surface area contributed by atoms with Gasteiger partial charge in [0.2, 0.25) is 0 Å². The Bertz CT molecular complexity index is 983. The maximum atomic E-state index is 12.1. The van der Waals surface area contributed by atoms with E-state index in [1.807, 2.05) is 18.2 Å². The topological polar surface area (TPSA) is 63.3 Å². The first kappa shape index (κ1) is 11.5. The third-order valence-corrected chi connectivity index (χ3v) is 3.65. The van der Waals surface area contributed by atoms with E-state index in [9.17, 15) is 4.79 Å². The Kier molecular flexibility index (Phi) is 2.34. The lowest BCUT2D eigenvalue weighted by Crippen LogP contribution is -2.09. The van der Waals surface area contributed by atoms with Crippen molar-refractivity contribution < 1.29 is 4.42 Å². The fraction of sp³-hybridized carbons (Fsp3) is 0. The predicted octanol–water partition coefficient (Wildman–Crippen LogP) is 3.20. The molecule has 3 heterocycles. The molecule has 0 aliphatic rings. The largest absolute Gasteiger partial charge is 0.463 e. The second-order valence-corrected chi connectivity index (χ2v) is 5.34. The van der Waals surface area contributed by atoms with Crippen molar-refractivity contribution in [1.82, 2.24) is 14.6 Å². The van der Waals surface area contributed by atoms with Gasteiger partial charge < -0.3 is 9.40 Å². The van der Waals surface area contributed by atoms with Crippen LogP contribution in [0.25, 0.3) is 28.0 Å². The van der Waals surface area contributed by atoms with Gasteiger partial charge in [-0.1, -0.05) is 15.9 Å². The van der Waals surface area contributed by atoms with E-state index in [4.69, 9.17) is 4.42 Å². The summed E-state index contributed by atoms with van der Waals surface area (Å²) in [5.74, 6) is 0.665. The summed E-state index contributed by atoms with van der Waals surface area (Å²) in [5.41, 5.74) is 1.92. The Morgan fingerprint density at radius 3 is 2.95 bits per heavy atom. The molecule has 0 aliphatic heterocycles. The van der Waals surface area contributed by atoms with Gasteiger partial charge >= 0.3 is 0 Å². The summed E-state index contributed by atoms with van der Waals surface area (Å²) in [4.78, 5) is 14.9.